The Kier molecular flexibility index (Phi) is 7.01. The third-order valence-corrected chi connectivity index (χ3v) is 4.88. The van der Waals surface area contributed by atoms with Gasteiger partial charge in [-0.25, -0.2) is 0 Å². The molecule has 2 aromatic rings. The second-order valence-electron chi connectivity index (χ2n) is 6.86. The number of fused-ring (bicyclic) bond motifs is 2. The summed E-state index contributed by atoms with van der Waals surface area (Å²) in [4.78, 5) is 29.0. The van der Waals surface area contributed by atoms with Crippen LogP contribution in [0.25, 0.3) is 0 Å². The van der Waals surface area contributed by atoms with Gasteiger partial charge in [0.1, 0.15) is 0 Å². The first-order chi connectivity index (χ1) is 14.1. The molecule has 1 heterocycles. The number of hydrogen-bond donors (Lipinski definition) is 2. The van der Waals surface area contributed by atoms with Crippen molar-refractivity contribution in [2.24, 2.45) is 11.5 Å². The highest BCUT2D eigenvalue weighted by Crippen LogP contribution is 2.26. The van der Waals surface area contributed by atoms with Crippen LogP contribution in [0.15, 0.2) is 48.5 Å². The summed E-state index contributed by atoms with van der Waals surface area (Å²) in [6, 6.07) is 15.4. The number of anilines is 1. The van der Waals surface area contributed by atoms with Gasteiger partial charge in [-0.15, -0.1) is 0 Å². The van der Waals surface area contributed by atoms with Crippen molar-refractivity contribution >= 4 is 17.5 Å². The lowest BCUT2D eigenvalue weighted by Gasteiger charge is -2.26. The van der Waals surface area contributed by atoms with Crippen LogP contribution in [0.4, 0.5) is 5.69 Å². The number of amides is 2. The number of nitrogens with zero attached hydrogens (tertiary/aromatic N) is 2. The molecule has 0 bridgehead atoms. The minimum absolute atomic E-state index is 0.102. The SMILES string of the molecule is NCCN(CCN)C(=O)CCC(=O)N1Cc2ccccc2C#Cc2ccccc21. The molecule has 1 aliphatic heterocycles. The van der Waals surface area contributed by atoms with Gasteiger partial charge in [-0.1, -0.05) is 42.2 Å². The Hall–Kier alpha value is -3.14. The normalized spacial score (nSPS) is 12.0. The zero-order valence-electron chi connectivity index (χ0n) is 16.4. The van der Waals surface area contributed by atoms with Crippen LogP contribution in [0, 0.1) is 11.8 Å². The number of benzene rings is 2. The van der Waals surface area contributed by atoms with E-state index in [1.807, 2.05) is 48.5 Å². The van der Waals surface area contributed by atoms with E-state index in [2.05, 4.69) is 11.8 Å². The fourth-order valence-corrected chi connectivity index (χ4v) is 3.39. The minimum atomic E-state index is -0.107. The van der Waals surface area contributed by atoms with Crippen molar-refractivity contribution in [1.82, 2.24) is 4.90 Å². The third-order valence-electron chi connectivity index (χ3n) is 4.88. The molecule has 2 aromatic carbocycles. The fourth-order valence-electron chi connectivity index (χ4n) is 3.39. The Morgan fingerprint density at radius 1 is 0.897 bits per heavy atom. The minimum Gasteiger partial charge on any atom is -0.340 e. The number of carbonyl (C=O) groups excluding carboxylic acids is 2. The molecule has 0 fully saturated rings. The average Bonchev–Trinajstić information content (AvgIpc) is 2.73. The maximum Gasteiger partial charge on any atom is 0.227 e. The largest absolute Gasteiger partial charge is 0.340 e. The summed E-state index contributed by atoms with van der Waals surface area (Å²) < 4.78 is 0. The first-order valence-corrected chi connectivity index (χ1v) is 9.81. The number of carbonyl (C=O) groups is 2. The van der Waals surface area contributed by atoms with Crippen molar-refractivity contribution < 1.29 is 9.59 Å². The van der Waals surface area contributed by atoms with Crippen LogP contribution in [0.3, 0.4) is 0 Å². The van der Waals surface area contributed by atoms with Crippen LogP contribution in [0.5, 0.6) is 0 Å². The van der Waals surface area contributed by atoms with Crippen molar-refractivity contribution in [3.05, 3.63) is 65.2 Å². The monoisotopic (exact) mass is 390 g/mol. The van der Waals surface area contributed by atoms with Crippen LogP contribution >= 0.6 is 0 Å². The zero-order valence-corrected chi connectivity index (χ0v) is 16.4. The van der Waals surface area contributed by atoms with Gasteiger partial charge in [0.15, 0.2) is 0 Å². The van der Waals surface area contributed by atoms with Crippen molar-refractivity contribution in [1.29, 1.82) is 0 Å². The molecular formula is C23H26N4O2. The molecule has 0 atom stereocenters. The fraction of sp³-hybridized carbons (Fsp3) is 0.304. The van der Waals surface area contributed by atoms with Crippen LogP contribution in [0.1, 0.15) is 29.5 Å². The van der Waals surface area contributed by atoms with Gasteiger partial charge in [0.05, 0.1) is 12.2 Å². The second-order valence-corrected chi connectivity index (χ2v) is 6.86. The molecule has 6 nitrogen and oxygen atoms in total. The predicted octanol–water partition coefficient (Wildman–Crippen LogP) is 1.46. The number of para-hydroxylation sites is 1. The molecule has 4 N–H and O–H groups in total. The Bertz CT molecular complexity index is 939. The van der Waals surface area contributed by atoms with E-state index in [1.54, 1.807) is 9.80 Å². The lowest BCUT2D eigenvalue weighted by molar-refractivity contribution is -0.133. The molecule has 0 aromatic heterocycles. The highest BCUT2D eigenvalue weighted by molar-refractivity contribution is 5.96. The predicted molar refractivity (Wildman–Crippen MR) is 114 cm³/mol. The molecular weight excluding hydrogens is 364 g/mol. The van der Waals surface area contributed by atoms with Crippen LogP contribution in [-0.4, -0.2) is 42.9 Å². The summed E-state index contributed by atoms with van der Waals surface area (Å²) in [5, 5.41) is 0. The van der Waals surface area contributed by atoms with Gasteiger partial charge in [-0.05, 0) is 23.8 Å². The van der Waals surface area contributed by atoms with Gasteiger partial charge >= 0.3 is 0 Å². The Morgan fingerprint density at radius 2 is 1.52 bits per heavy atom. The smallest absolute Gasteiger partial charge is 0.227 e. The number of rotatable bonds is 7. The lowest BCUT2D eigenvalue weighted by atomic mass is 10.0. The first kappa shape index (κ1) is 20.6. The van der Waals surface area contributed by atoms with E-state index < -0.39 is 0 Å². The molecule has 0 aliphatic carbocycles. The van der Waals surface area contributed by atoms with Crippen LogP contribution < -0.4 is 16.4 Å². The van der Waals surface area contributed by atoms with Gasteiger partial charge < -0.3 is 21.3 Å². The van der Waals surface area contributed by atoms with E-state index in [0.29, 0.717) is 32.7 Å². The van der Waals surface area contributed by atoms with Crippen molar-refractivity contribution in [3.8, 4) is 11.8 Å². The quantitative estimate of drug-likeness (QED) is 0.700. The Morgan fingerprint density at radius 3 is 2.24 bits per heavy atom. The summed E-state index contributed by atoms with van der Waals surface area (Å²) in [7, 11) is 0. The maximum absolute atomic E-state index is 13.1. The second kappa shape index (κ2) is 9.87. The van der Waals surface area contributed by atoms with Gasteiger partial charge in [0.25, 0.3) is 0 Å². The topological polar surface area (TPSA) is 92.7 Å². The van der Waals surface area contributed by atoms with Crippen molar-refractivity contribution in [2.45, 2.75) is 19.4 Å². The number of hydrogen-bond acceptors (Lipinski definition) is 4. The molecule has 0 unspecified atom stereocenters. The molecule has 0 spiro atoms. The highest BCUT2D eigenvalue weighted by Gasteiger charge is 2.22. The van der Waals surface area contributed by atoms with E-state index in [0.717, 1.165) is 22.4 Å². The summed E-state index contributed by atoms with van der Waals surface area (Å²) in [5.41, 5.74) is 14.6. The summed E-state index contributed by atoms with van der Waals surface area (Å²) in [5.74, 6) is 6.17. The molecule has 150 valence electrons. The van der Waals surface area contributed by atoms with Crippen LogP contribution in [0.2, 0.25) is 0 Å². The Balaban J connectivity index is 1.81. The van der Waals surface area contributed by atoms with E-state index in [9.17, 15) is 9.59 Å². The molecule has 3 rings (SSSR count). The van der Waals surface area contributed by atoms with E-state index >= 15 is 0 Å². The van der Waals surface area contributed by atoms with Gasteiger partial charge in [0.2, 0.25) is 11.8 Å². The lowest BCUT2D eigenvalue weighted by Crippen LogP contribution is -2.39. The van der Waals surface area contributed by atoms with E-state index in [4.69, 9.17) is 11.5 Å². The van der Waals surface area contributed by atoms with Gasteiger partial charge in [-0.2, -0.15) is 0 Å². The average molecular weight is 390 g/mol. The standard InChI is InChI=1S/C23H26N4O2/c24-13-15-26(16-14-25)22(28)11-12-23(29)27-17-20-7-2-1-5-18(20)9-10-19-6-3-4-8-21(19)27/h1-8H,11-17,24-25H2. The summed E-state index contributed by atoms with van der Waals surface area (Å²) >= 11 is 0. The zero-order chi connectivity index (χ0) is 20.6. The molecule has 29 heavy (non-hydrogen) atoms. The Labute approximate surface area is 171 Å². The van der Waals surface area contributed by atoms with E-state index in [-0.39, 0.29) is 24.7 Å². The molecule has 0 saturated heterocycles. The van der Waals surface area contributed by atoms with E-state index in [1.165, 1.54) is 0 Å². The van der Waals surface area contributed by atoms with Gasteiger partial charge in [0, 0.05) is 50.1 Å². The maximum atomic E-state index is 13.1. The molecule has 2 amide bonds. The molecule has 0 saturated carbocycles. The van der Waals surface area contributed by atoms with Crippen LogP contribution in [-0.2, 0) is 16.1 Å². The first-order valence-electron chi connectivity index (χ1n) is 9.81. The van der Waals surface area contributed by atoms with Crippen molar-refractivity contribution in [2.75, 3.05) is 31.1 Å². The van der Waals surface area contributed by atoms with Gasteiger partial charge in [-0.3, -0.25) is 9.59 Å². The summed E-state index contributed by atoms with van der Waals surface area (Å²) in [6.45, 7) is 2.05. The number of nitrogens with two attached hydrogens (primary N) is 2. The molecule has 6 heteroatoms. The van der Waals surface area contributed by atoms with Crippen molar-refractivity contribution in [3.63, 3.8) is 0 Å². The summed E-state index contributed by atoms with van der Waals surface area (Å²) in [6.07, 6.45) is 0.249. The molecule has 1 aliphatic rings. The highest BCUT2D eigenvalue weighted by atomic mass is 16.2. The third kappa shape index (κ3) is 5.02. The molecule has 0 radical (unpaired) electrons.